The molecule has 1 aliphatic carbocycles. The van der Waals surface area contributed by atoms with Crippen molar-refractivity contribution in [1.82, 2.24) is 0 Å². The van der Waals surface area contributed by atoms with E-state index in [1.165, 1.54) is 23.8 Å². The molecule has 0 bridgehead atoms. The van der Waals surface area contributed by atoms with Gasteiger partial charge in [0.15, 0.2) is 0 Å². The van der Waals surface area contributed by atoms with E-state index in [4.69, 9.17) is 5.11 Å². The largest absolute Gasteiger partial charge is 0.478 e. The summed E-state index contributed by atoms with van der Waals surface area (Å²) in [6, 6.07) is 14.1. The van der Waals surface area contributed by atoms with Crippen LogP contribution < -0.4 is 5.32 Å². The second kappa shape index (κ2) is 4.96. The maximum absolute atomic E-state index is 13.8. The molecule has 2 atom stereocenters. The summed E-state index contributed by atoms with van der Waals surface area (Å²) in [6.07, 6.45) is 0.886. The van der Waals surface area contributed by atoms with Gasteiger partial charge in [-0.25, -0.2) is 9.18 Å². The normalized spacial score (nSPS) is 20.4. The van der Waals surface area contributed by atoms with E-state index >= 15 is 0 Å². The lowest BCUT2D eigenvalue weighted by Crippen LogP contribution is -2.11. The first-order valence-electron chi connectivity index (χ1n) is 6.50. The number of para-hydroxylation sites is 1. The van der Waals surface area contributed by atoms with Gasteiger partial charge in [0.1, 0.15) is 5.82 Å². The summed E-state index contributed by atoms with van der Waals surface area (Å²) in [5, 5.41) is 12.1. The van der Waals surface area contributed by atoms with Gasteiger partial charge in [0.05, 0.1) is 11.3 Å². The van der Waals surface area contributed by atoms with Gasteiger partial charge in [-0.15, -0.1) is 0 Å². The Morgan fingerprint density at radius 3 is 2.60 bits per heavy atom. The van der Waals surface area contributed by atoms with Gasteiger partial charge in [-0.3, -0.25) is 0 Å². The van der Waals surface area contributed by atoms with Gasteiger partial charge in [0.2, 0.25) is 0 Å². The first-order chi connectivity index (χ1) is 9.66. The van der Waals surface area contributed by atoms with Gasteiger partial charge >= 0.3 is 5.97 Å². The van der Waals surface area contributed by atoms with Gasteiger partial charge < -0.3 is 10.4 Å². The number of nitrogens with one attached hydrogen (secondary N) is 1. The van der Waals surface area contributed by atoms with E-state index in [1.54, 1.807) is 0 Å². The Bertz CT molecular complexity index is 642. The van der Waals surface area contributed by atoms with Crippen LogP contribution in [0, 0.1) is 5.82 Å². The van der Waals surface area contributed by atoms with Crippen molar-refractivity contribution in [1.29, 1.82) is 0 Å². The van der Waals surface area contributed by atoms with Crippen molar-refractivity contribution in [2.75, 3.05) is 5.32 Å². The van der Waals surface area contributed by atoms with Crippen molar-refractivity contribution >= 4 is 11.7 Å². The fourth-order valence-electron chi connectivity index (χ4n) is 2.46. The van der Waals surface area contributed by atoms with Crippen LogP contribution in [0.5, 0.6) is 0 Å². The molecule has 102 valence electrons. The maximum atomic E-state index is 13.8. The molecule has 0 amide bonds. The minimum absolute atomic E-state index is 0.0243. The topological polar surface area (TPSA) is 49.3 Å². The Hall–Kier alpha value is -2.36. The summed E-state index contributed by atoms with van der Waals surface area (Å²) in [7, 11) is 0. The number of rotatable bonds is 4. The molecule has 1 saturated carbocycles. The average Bonchev–Trinajstić information content (AvgIpc) is 3.21. The number of carboxylic acid groups (broad SMARTS) is 1. The van der Waals surface area contributed by atoms with Gasteiger partial charge in [0, 0.05) is 12.0 Å². The summed E-state index contributed by atoms with van der Waals surface area (Å²) in [6.45, 7) is 0. The Morgan fingerprint density at radius 2 is 1.90 bits per heavy atom. The third-order valence-corrected chi connectivity index (χ3v) is 3.59. The second-order valence-electron chi connectivity index (χ2n) is 4.97. The standard InChI is InChI=1S/C16H14FNO2/c17-13-8-4-7-11(16(19)20)15(13)18-14-9-12(14)10-5-2-1-3-6-10/h1-8,12,14,18H,9H2,(H,19,20). The summed E-state index contributed by atoms with van der Waals surface area (Å²) in [5.74, 6) is -1.33. The van der Waals surface area contributed by atoms with Gasteiger partial charge in [-0.2, -0.15) is 0 Å². The number of hydrogen-bond acceptors (Lipinski definition) is 2. The molecule has 2 aromatic carbocycles. The van der Waals surface area contributed by atoms with Crippen molar-refractivity contribution in [3.63, 3.8) is 0 Å². The Morgan fingerprint density at radius 1 is 1.15 bits per heavy atom. The molecule has 20 heavy (non-hydrogen) atoms. The van der Waals surface area contributed by atoms with E-state index in [0.717, 1.165) is 6.42 Å². The van der Waals surface area contributed by atoms with Gasteiger partial charge in [0.25, 0.3) is 0 Å². The molecular formula is C16H14FNO2. The SMILES string of the molecule is O=C(O)c1cccc(F)c1NC1CC1c1ccccc1. The van der Waals surface area contributed by atoms with E-state index in [0.29, 0.717) is 5.92 Å². The number of carbonyl (C=O) groups is 1. The van der Waals surface area contributed by atoms with Gasteiger partial charge in [-0.05, 0) is 24.1 Å². The molecule has 2 aromatic rings. The Balaban J connectivity index is 1.79. The lowest BCUT2D eigenvalue weighted by molar-refractivity contribution is 0.0697. The van der Waals surface area contributed by atoms with E-state index in [9.17, 15) is 9.18 Å². The minimum Gasteiger partial charge on any atom is -0.478 e. The highest BCUT2D eigenvalue weighted by atomic mass is 19.1. The lowest BCUT2D eigenvalue weighted by atomic mass is 10.1. The molecule has 0 aliphatic heterocycles. The van der Waals surface area contributed by atoms with Crippen LogP contribution in [-0.2, 0) is 0 Å². The quantitative estimate of drug-likeness (QED) is 0.895. The van der Waals surface area contributed by atoms with Gasteiger partial charge in [-0.1, -0.05) is 36.4 Å². The predicted molar refractivity (Wildman–Crippen MR) is 74.6 cm³/mol. The van der Waals surface area contributed by atoms with Crippen LogP contribution in [-0.4, -0.2) is 17.1 Å². The van der Waals surface area contributed by atoms with Crippen molar-refractivity contribution in [2.24, 2.45) is 0 Å². The van der Waals surface area contributed by atoms with E-state index < -0.39 is 11.8 Å². The summed E-state index contributed by atoms with van der Waals surface area (Å²) >= 11 is 0. The molecule has 0 aromatic heterocycles. The summed E-state index contributed by atoms with van der Waals surface area (Å²) in [4.78, 5) is 11.1. The molecule has 2 N–H and O–H groups in total. The maximum Gasteiger partial charge on any atom is 0.337 e. The smallest absolute Gasteiger partial charge is 0.337 e. The first-order valence-corrected chi connectivity index (χ1v) is 6.50. The number of hydrogen-bond donors (Lipinski definition) is 2. The van der Waals surface area contributed by atoms with Crippen LogP contribution in [0.2, 0.25) is 0 Å². The number of benzene rings is 2. The molecule has 3 nitrogen and oxygen atoms in total. The van der Waals surface area contributed by atoms with Crippen LogP contribution in [0.3, 0.4) is 0 Å². The third-order valence-electron chi connectivity index (χ3n) is 3.59. The van der Waals surface area contributed by atoms with Crippen LogP contribution in [0.15, 0.2) is 48.5 Å². The third kappa shape index (κ3) is 2.37. The van der Waals surface area contributed by atoms with Crippen LogP contribution in [0.4, 0.5) is 10.1 Å². The molecule has 1 fully saturated rings. The van der Waals surface area contributed by atoms with E-state index in [2.05, 4.69) is 5.32 Å². The molecule has 0 radical (unpaired) electrons. The van der Waals surface area contributed by atoms with Crippen LogP contribution >= 0.6 is 0 Å². The second-order valence-corrected chi connectivity index (χ2v) is 4.97. The Kier molecular flexibility index (Phi) is 3.14. The molecule has 0 saturated heterocycles. The van der Waals surface area contributed by atoms with Crippen molar-refractivity contribution in [3.8, 4) is 0 Å². The highest BCUT2D eigenvalue weighted by Crippen LogP contribution is 2.43. The van der Waals surface area contributed by atoms with Crippen molar-refractivity contribution in [3.05, 3.63) is 65.5 Å². The van der Waals surface area contributed by atoms with Crippen LogP contribution in [0.1, 0.15) is 28.3 Å². The molecule has 2 unspecified atom stereocenters. The Labute approximate surface area is 116 Å². The average molecular weight is 271 g/mol. The molecule has 0 heterocycles. The molecule has 4 heteroatoms. The minimum atomic E-state index is -1.12. The highest BCUT2D eigenvalue weighted by Gasteiger charge is 2.39. The zero-order chi connectivity index (χ0) is 14.1. The fraction of sp³-hybridized carbons (Fsp3) is 0.188. The summed E-state index contributed by atoms with van der Waals surface area (Å²) < 4.78 is 13.8. The molecule has 0 spiro atoms. The first kappa shape index (κ1) is 12.7. The number of carboxylic acids is 1. The van der Waals surface area contributed by atoms with Crippen molar-refractivity contribution < 1.29 is 14.3 Å². The molecular weight excluding hydrogens is 257 g/mol. The van der Waals surface area contributed by atoms with Crippen LogP contribution in [0.25, 0.3) is 0 Å². The zero-order valence-electron chi connectivity index (χ0n) is 10.7. The highest BCUT2D eigenvalue weighted by molar-refractivity contribution is 5.94. The predicted octanol–water partition coefficient (Wildman–Crippen LogP) is 3.49. The van der Waals surface area contributed by atoms with E-state index in [1.807, 2.05) is 30.3 Å². The number of aromatic carboxylic acids is 1. The fourth-order valence-corrected chi connectivity index (χ4v) is 2.46. The number of halogens is 1. The molecule has 3 rings (SSSR count). The number of anilines is 1. The zero-order valence-corrected chi connectivity index (χ0v) is 10.7. The molecule has 1 aliphatic rings. The monoisotopic (exact) mass is 271 g/mol. The van der Waals surface area contributed by atoms with E-state index in [-0.39, 0.29) is 17.3 Å². The van der Waals surface area contributed by atoms with Crippen molar-refractivity contribution in [2.45, 2.75) is 18.4 Å². The summed E-state index contributed by atoms with van der Waals surface area (Å²) in [5.41, 5.74) is 1.25. The lowest BCUT2D eigenvalue weighted by Gasteiger charge is -2.10.